The maximum Gasteiger partial charge on any atom is 0.345 e. The lowest BCUT2D eigenvalue weighted by molar-refractivity contribution is -0.119. The largest absolute Gasteiger partial charge is 0.345 e. The van der Waals surface area contributed by atoms with Gasteiger partial charge in [-0.3, -0.25) is 9.36 Å². The number of halogens is 2. The van der Waals surface area contributed by atoms with Gasteiger partial charge in [0.2, 0.25) is 5.91 Å². The van der Waals surface area contributed by atoms with Gasteiger partial charge in [-0.2, -0.15) is 5.10 Å². The number of nitrogens with zero attached hydrogens (tertiary/aromatic N) is 4. The lowest BCUT2D eigenvalue weighted by Crippen LogP contribution is -2.40. The fraction of sp³-hybridized carbons (Fsp3) is 0.357. The van der Waals surface area contributed by atoms with E-state index >= 15 is 0 Å². The van der Waals surface area contributed by atoms with E-state index in [0.29, 0.717) is 22.3 Å². The molecule has 0 N–H and O–H groups in total. The molecule has 1 aliphatic heterocycles. The van der Waals surface area contributed by atoms with Gasteiger partial charge in [0.05, 0.1) is 15.7 Å². The molecular weight excluding hydrogens is 327 g/mol. The summed E-state index contributed by atoms with van der Waals surface area (Å²) in [6.45, 7) is 0.426. The molecule has 0 bridgehead atoms. The molecule has 0 saturated carbocycles. The number of rotatable bonds is 2. The lowest BCUT2D eigenvalue weighted by Gasteiger charge is -2.30. The zero-order valence-electron chi connectivity index (χ0n) is 11.9. The quantitative estimate of drug-likeness (QED) is 0.838. The minimum Gasteiger partial charge on any atom is -0.309 e. The summed E-state index contributed by atoms with van der Waals surface area (Å²) >= 11 is 12.3. The van der Waals surface area contributed by atoms with Crippen molar-refractivity contribution in [1.29, 1.82) is 0 Å². The minimum atomic E-state index is -0.331. The number of hydrogen-bond acceptors (Lipinski definition) is 3. The molecule has 1 aromatic heterocycles. The summed E-state index contributed by atoms with van der Waals surface area (Å²) in [5.41, 5.74) is 1.31. The molecule has 0 atom stereocenters. The molecular formula is C14H14Cl2N4O2. The average molecular weight is 341 g/mol. The number of amides is 1. The normalized spacial score (nSPS) is 14.0. The number of anilines is 1. The fourth-order valence-corrected chi connectivity index (χ4v) is 3.04. The van der Waals surface area contributed by atoms with E-state index in [1.165, 1.54) is 10.9 Å². The monoisotopic (exact) mass is 340 g/mol. The first kappa shape index (κ1) is 15.1. The van der Waals surface area contributed by atoms with Crippen molar-refractivity contribution in [2.24, 2.45) is 7.05 Å². The Morgan fingerprint density at radius 2 is 2.14 bits per heavy atom. The van der Waals surface area contributed by atoms with Crippen molar-refractivity contribution in [3.05, 3.63) is 44.6 Å². The fourth-order valence-electron chi connectivity index (χ4n) is 2.60. The zero-order valence-corrected chi connectivity index (χ0v) is 13.4. The second-order valence-corrected chi connectivity index (χ2v) is 5.99. The number of hydrogen-bond donors (Lipinski definition) is 0. The Labute approximate surface area is 136 Å². The van der Waals surface area contributed by atoms with E-state index in [1.807, 2.05) is 6.07 Å². The molecule has 1 amide bonds. The molecule has 1 aliphatic rings. The van der Waals surface area contributed by atoms with Crippen molar-refractivity contribution in [2.75, 3.05) is 11.4 Å². The first-order chi connectivity index (χ1) is 10.5. The van der Waals surface area contributed by atoms with Crippen LogP contribution in [0, 0.1) is 0 Å². The van der Waals surface area contributed by atoms with Gasteiger partial charge in [0.1, 0.15) is 12.9 Å². The molecule has 0 saturated heterocycles. The van der Waals surface area contributed by atoms with E-state index in [-0.39, 0.29) is 18.1 Å². The summed E-state index contributed by atoms with van der Waals surface area (Å²) in [5.74, 6) is -0.231. The average Bonchev–Trinajstić information content (AvgIpc) is 2.82. The van der Waals surface area contributed by atoms with Crippen molar-refractivity contribution >= 4 is 34.8 Å². The maximum atomic E-state index is 12.6. The Hall–Kier alpha value is -1.79. The maximum absolute atomic E-state index is 12.6. The Balaban J connectivity index is 1.94. The number of fused-ring (bicyclic) bond motifs is 1. The van der Waals surface area contributed by atoms with Crippen LogP contribution in [-0.4, -0.2) is 26.8 Å². The van der Waals surface area contributed by atoms with Gasteiger partial charge in [-0.15, -0.1) is 0 Å². The summed E-state index contributed by atoms with van der Waals surface area (Å²) in [6, 6.07) is 3.62. The molecule has 0 fully saturated rings. The number of aromatic nitrogens is 3. The molecule has 3 rings (SSSR count). The zero-order chi connectivity index (χ0) is 15.9. The molecule has 2 heterocycles. The lowest BCUT2D eigenvalue weighted by atomic mass is 10.0. The van der Waals surface area contributed by atoms with Gasteiger partial charge in [0.15, 0.2) is 0 Å². The second-order valence-electron chi connectivity index (χ2n) is 5.20. The highest BCUT2D eigenvalue weighted by Gasteiger charge is 2.26. The third-order valence-electron chi connectivity index (χ3n) is 3.72. The van der Waals surface area contributed by atoms with Crippen LogP contribution < -0.4 is 10.6 Å². The van der Waals surface area contributed by atoms with Crippen LogP contribution in [0.5, 0.6) is 0 Å². The topological polar surface area (TPSA) is 60.1 Å². The van der Waals surface area contributed by atoms with E-state index in [1.54, 1.807) is 18.0 Å². The summed E-state index contributed by atoms with van der Waals surface area (Å²) < 4.78 is 2.45. The van der Waals surface area contributed by atoms with Gasteiger partial charge in [-0.05, 0) is 24.5 Å². The minimum absolute atomic E-state index is 0.123. The molecule has 6 nitrogen and oxygen atoms in total. The van der Waals surface area contributed by atoms with Gasteiger partial charge in [-0.1, -0.05) is 29.3 Å². The molecule has 8 heteroatoms. The van der Waals surface area contributed by atoms with Gasteiger partial charge < -0.3 is 4.90 Å². The number of carbonyl (C=O) groups excluding carboxylic acids is 1. The Bertz CT molecular complexity index is 797. The predicted molar refractivity (Wildman–Crippen MR) is 84.6 cm³/mol. The first-order valence-corrected chi connectivity index (χ1v) is 7.60. The SMILES string of the molecule is Cn1cnn(CC(=O)N2CCCc3ccc(Cl)c(Cl)c32)c1=O. The molecule has 0 radical (unpaired) electrons. The van der Waals surface area contributed by atoms with Crippen LogP contribution in [-0.2, 0) is 24.8 Å². The number of carbonyl (C=O) groups is 1. The van der Waals surface area contributed by atoms with Crippen molar-refractivity contribution in [2.45, 2.75) is 19.4 Å². The first-order valence-electron chi connectivity index (χ1n) is 6.84. The van der Waals surface area contributed by atoms with Gasteiger partial charge in [0, 0.05) is 13.6 Å². The van der Waals surface area contributed by atoms with Crippen molar-refractivity contribution in [3.63, 3.8) is 0 Å². The standard InChI is InChI=1S/C14H14Cl2N4O2/c1-18-8-17-20(14(18)22)7-11(21)19-6-2-3-9-4-5-10(15)12(16)13(9)19/h4-5,8H,2-3,6-7H2,1H3. The van der Waals surface area contributed by atoms with Gasteiger partial charge in [0.25, 0.3) is 0 Å². The highest BCUT2D eigenvalue weighted by atomic mass is 35.5. The van der Waals surface area contributed by atoms with Crippen LogP contribution in [0.15, 0.2) is 23.3 Å². The third kappa shape index (κ3) is 2.53. The molecule has 1 aromatic carbocycles. The van der Waals surface area contributed by atoms with Crippen LogP contribution in [0.2, 0.25) is 10.0 Å². The Kier molecular flexibility index (Phi) is 3.97. The highest BCUT2D eigenvalue weighted by molar-refractivity contribution is 6.44. The summed E-state index contributed by atoms with van der Waals surface area (Å²) in [4.78, 5) is 26.0. The van der Waals surface area contributed by atoms with E-state index in [4.69, 9.17) is 23.2 Å². The highest BCUT2D eigenvalue weighted by Crippen LogP contribution is 2.38. The van der Waals surface area contributed by atoms with Gasteiger partial charge >= 0.3 is 5.69 Å². The van der Waals surface area contributed by atoms with Crippen LogP contribution in [0.25, 0.3) is 0 Å². The van der Waals surface area contributed by atoms with Crippen LogP contribution in [0.3, 0.4) is 0 Å². The van der Waals surface area contributed by atoms with Crippen LogP contribution >= 0.6 is 23.2 Å². The van der Waals surface area contributed by atoms with Crippen LogP contribution in [0.1, 0.15) is 12.0 Å². The van der Waals surface area contributed by atoms with Gasteiger partial charge in [-0.25, -0.2) is 9.48 Å². The molecule has 0 unspecified atom stereocenters. The van der Waals surface area contributed by atoms with E-state index < -0.39 is 0 Å². The van der Waals surface area contributed by atoms with E-state index in [0.717, 1.165) is 23.1 Å². The Morgan fingerprint density at radius 1 is 1.36 bits per heavy atom. The van der Waals surface area contributed by atoms with E-state index in [9.17, 15) is 9.59 Å². The summed E-state index contributed by atoms with van der Waals surface area (Å²) in [5, 5.41) is 4.69. The molecule has 22 heavy (non-hydrogen) atoms. The predicted octanol–water partition coefficient (Wildman–Crippen LogP) is 1.87. The number of benzene rings is 1. The van der Waals surface area contributed by atoms with Crippen molar-refractivity contribution < 1.29 is 4.79 Å². The summed E-state index contributed by atoms with van der Waals surface area (Å²) in [6.07, 6.45) is 3.07. The smallest absolute Gasteiger partial charge is 0.309 e. The Morgan fingerprint density at radius 3 is 2.82 bits per heavy atom. The molecule has 0 spiro atoms. The third-order valence-corrected chi connectivity index (χ3v) is 4.52. The number of aryl methyl sites for hydroxylation is 2. The second kappa shape index (κ2) is 5.78. The molecule has 2 aromatic rings. The van der Waals surface area contributed by atoms with Crippen LogP contribution in [0.4, 0.5) is 5.69 Å². The molecule has 116 valence electrons. The van der Waals surface area contributed by atoms with E-state index in [2.05, 4.69) is 5.10 Å². The van der Waals surface area contributed by atoms with Crippen molar-refractivity contribution in [3.8, 4) is 0 Å². The van der Waals surface area contributed by atoms with Crippen molar-refractivity contribution in [1.82, 2.24) is 14.3 Å². The summed E-state index contributed by atoms with van der Waals surface area (Å²) in [7, 11) is 1.59. The molecule has 0 aliphatic carbocycles.